The minimum absolute atomic E-state index is 0.0185. The minimum atomic E-state index is -3.90. The number of nitrogens with one attached hydrogen (secondary N) is 1. The number of hydrogen-bond acceptors (Lipinski definition) is 6. The number of nitrogens with zero attached hydrogens (tertiary/aromatic N) is 2. The molecule has 0 aromatic heterocycles. The fourth-order valence-electron chi connectivity index (χ4n) is 2.15. The maximum absolute atomic E-state index is 12.2. The molecule has 9 heteroatoms. The van der Waals surface area contributed by atoms with Crippen molar-refractivity contribution in [3.8, 4) is 5.75 Å². The smallest absolute Gasteiger partial charge is 0.311 e. The minimum Gasteiger partial charge on any atom is -0.502 e. The summed E-state index contributed by atoms with van der Waals surface area (Å²) in [6.07, 6.45) is 1.00. The van der Waals surface area contributed by atoms with Gasteiger partial charge in [0, 0.05) is 11.6 Å². The lowest BCUT2D eigenvalue weighted by molar-refractivity contribution is -0.385. The molecule has 0 atom stereocenters. The number of nitro benzene ring substituents is 1. The lowest BCUT2D eigenvalue weighted by Gasteiger charge is -2.19. The van der Waals surface area contributed by atoms with Crippen LogP contribution >= 0.6 is 0 Å². The van der Waals surface area contributed by atoms with Crippen molar-refractivity contribution in [2.24, 2.45) is 5.10 Å². The molecule has 0 radical (unpaired) electrons. The first-order chi connectivity index (χ1) is 12.0. The second-order valence-electron chi connectivity index (χ2n) is 6.60. The standard InChI is InChI=1S/C17H19N3O5S/c1-17(2,3)13-7-9-14(10-8-13)26(24,25)19-18-11-12-5-4-6-15(16(12)21)20(22)23/h4-11,19,21H,1-3H3. The van der Waals surface area contributed by atoms with Gasteiger partial charge in [-0.3, -0.25) is 10.1 Å². The van der Waals surface area contributed by atoms with Crippen LogP contribution in [-0.4, -0.2) is 24.7 Å². The number of rotatable bonds is 5. The molecule has 0 fully saturated rings. The van der Waals surface area contributed by atoms with Gasteiger partial charge >= 0.3 is 5.69 Å². The summed E-state index contributed by atoms with van der Waals surface area (Å²) in [5, 5.41) is 24.2. The Balaban J connectivity index is 2.19. The molecule has 0 saturated carbocycles. The SMILES string of the molecule is CC(C)(C)c1ccc(S(=O)(=O)NN=Cc2cccc([N+](=O)[O-])c2O)cc1. The Morgan fingerprint density at radius 2 is 1.77 bits per heavy atom. The van der Waals surface area contributed by atoms with Crippen molar-refractivity contribution < 1.29 is 18.4 Å². The molecule has 2 aromatic carbocycles. The van der Waals surface area contributed by atoms with Gasteiger partial charge in [-0.05, 0) is 29.2 Å². The molecule has 0 bridgehead atoms. The van der Waals surface area contributed by atoms with Crippen molar-refractivity contribution in [3.63, 3.8) is 0 Å². The van der Waals surface area contributed by atoms with Crippen molar-refractivity contribution in [3.05, 3.63) is 63.7 Å². The monoisotopic (exact) mass is 377 g/mol. The number of aromatic hydroxyl groups is 1. The molecule has 2 rings (SSSR count). The summed E-state index contributed by atoms with van der Waals surface area (Å²) in [6.45, 7) is 6.06. The molecule has 138 valence electrons. The van der Waals surface area contributed by atoms with Crippen molar-refractivity contribution >= 4 is 21.9 Å². The number of nitro groups is 1. The first-order valence-corrected chi connectivity index (χ1v) is 9.12. The van der Waals surface area contributed by atoms with Crippen LogP contribution in [-0.2, 0) is 15.4 Å². The molecule has 26 heavy (non-hydrogen) atoms. The molecule has 8 nitrogen and oxygen atoms in total. The maximum atomic E-state index is 12.2. The van der Waals surface area contributed by atoms with E-state index in [1.54, 1.807) is 12.1 Å². The van der Waals surface area contributed by atoms with Gasteiger partial charge in [0.25, 0.3) is 10.0 Å². The van der Waals surface area contributed by atoms with Gasteiger partial charge in [0.05, 0.1) is 16.0 Å². The number of sulfonamides is 1. The lowest BCUT2D eigenvalue weighted by Crippen LogP contribution is -2.19. The van der Waals surface area contributed by atoms with Crippen molar-refractivity contribution in [1.29, 1.82) is 0 Å². The number of para-hydroxylation sites is 1. The van der Waals surface area contributed by atoms with Gasteiger partial charge < -0.3 is 5.11 Å². The van der Waals surface area contributed by atoms with E-state index in [-0.39, 0.29) is 15.9 Å². The zero-order valence-corrected chi connectivity index (χ0v) is 15.3. The highest BCUT2D eigenvalue weighted by Crippen LogP contribution is 2.28. The zero-order valence-electron chi connectivity index (χ0n) is 14.5. The van der Waals surface area contributed by atoms with Crippen LogP contribution in [0.15, 0.2) is 52.5 Å². The Kier molecular flexibility index (Phi) is 5.31. The van der Waals surface area contributed by atoms with E-state index in [1.165, 1.54) is 24.3 Å². The van der Waals surface area contributed by atoms with Crippen LogP contribution in [0.4, 0.5) is 5.69 Å². The number of benzene rings is 2. The van der Waals surface area contributed by atoms with Gasteiger partial charge in [-0.15, -0.1) is 0 Å². The van der Waals surface area contributed by atoms with E-state index in [0.717, 1.165) is 17.8 Å². The third kappa shape index (κ3) is 4.37. The summed E-state index contributed by atoms with van der Waals surface area (Å²) in [5.41, 5.74) is 0.411. The van der Waals surface area contributed by atoms with E-state index >= 15 is 0 Å². The molecule has 0 aliphatic rings. The highest BCUT2D eigenvalue weighted by molar-refractivity contribution is 7.89. The van der Waals surface area contributed by atoms with Gasteiger partial charge in [0.2, 0.25) is 5.75 Å². The Morgan fingerprint density at radius 3 is 2.31 bits per heavy atom. The fourth-order valence-corrected chi connectivity index (χ4v) is 2.94. The molecule has 0 aliphatic carbocycles. The number of phenolic OH excluding ortho intramolecular Hbond substituents is 1. The zero-order chi connectivity index (χ0) is 19.5. The highest BCUT2D eigenvalue weighted by atomic mass is 32.2. The van der Waals surface area contributed by atoms with Crippen LogP contribution in [0.3, 0.4) is 0 Å². The number of phenols is 1. The summed E-state index contributed by atoms with van der Waals surface area (Å²) in [6, 6.07) is 10.3. The highest BCUT2D eigenvalue weighted by Gasteiger charge is 2.18. The Bertz CT molecular complexity index is 945. The van der Waals surface area contributed by atoms with Crippen molar-refractivity contribution in [2.75, 3.05) is 0 Å². The van der Waals surface area contributed by atoms with Crippen LogP contribution in [0, 0.1) is 10.1 Å². The Morgan fingerprint density at radius 1 is 1.15 bits per heavy atom. The number of hydrazone groups is 1. The van der Waals surface area contributed by atoms with Crippen molar-refractivity contribution in [1.82, 2.24) is 4.83 Å². The molecule has 0 aliphatic heterocycles. The van der Waals surface area contributed by atoms with Gasteiger partial charge in [-0.2, -0.15) is 13.5 Å². The van der Waals surface area contributed by atoms with Crippen LogP contribution in [0.5, 0.6) is 5.75 Å². The van der Waals surface area contributed by atoms with Gasteiger partial charge in [-0.25, -0.2) is 4.83 Å². The van der Waals surface area contributed by atoms with Gasteiger partial charge in [-0.1, -0.05) is 39.0 Å². The summed E-state index contributed by atoms with van der Waals surface area (Å²) in [4.78, 5) is 12.1. The normalized spacial score (nSPS) is 12.3. The van der Waals surface area contributed by atoms with Crippen LogP contribution in [0.25, 0.3) is 0 Å². The largest absolute Gasteiger partial charge is 0.502 e. The second kappa shape index (κ2) is 7.12. The average molecular weight is 377 g/mol. The van der Waals surface area contributed by atoms with Gasteiger partial charge in [0.15, 0.2) is 0 Å². The maximum Gasteiger partial charge on any atom is 0.311 e. The van der Waals surface area contributed by atoms with Crippen LogP contribution < -0.4 is 4.83 Å². The molecular formula is C17H19N3O5S. The van der Waals surface area contributed by atoms with E-state index in [2.05, 4.69) is 5.10 Å². The van der Waals surface area contributed by atoms with E-state index in [1.807, 2.05) is 25.6 Å². The molecule has 2 N–H and O–H groups in total. The summed E-state index contributed by atoms with van der Waals surface area (Å²) < 4.78 is 24.5. The number of hydrogen-bond donors (Lipinski definition) is 2. The quantitative estimate of drug-likeness (QED) is 0.471. The first kappa shape index (κ1) is 19.4. The molecule has 0 saturated heterocycles. The van der Waals surface area contributed by atoms with Crippen LogP contribution in [0.2, 0.25) is 0 Å². The fraction of sp³-hybridized carbons (Fsp3) is 0.235. The summed E-state index contributed by atoms with van der Waals surface area (Å²) in [7, 11) is -3.90. The van der Waals surface area contributed by atoms with E-state index < -0.39 is 26.4 Å². The first-order valence-electron chi connectivity index (χ1n) is 7.64. The van der Waals surface area contributed by atoms with E-state index in [4.69, 9.17) is 0 Å². The Labute approximate surface area is 151 Å². The lowest BCUT2D eigenvalue weighted by atomic mass is 9.87. The van der Waals surface area contributed by atoms with Crippen molar-refractivity contribution in [2.45, 2.75) is 31.1 Å². The average Bonchev–Trinajstić information content (AvgIpc) is 2.55. The van der Waals surface area contributed by atoms with E-state index in [0.29, 0.717) is 0 Å². The molecular weight excluding hydrogens is 358 g/mol. The Hall–Kier alpha value is -2.94. The van der Waals surface area contributed by atoms with Gasteiger partial charge in [0.1, 0.15) is 0 Å². The summed E-state index contributed by atoms with van der Waals surface area (Å²) in [5.74, 6) is -0.588. The predicted octanol–water partition coefficient (Wildman–Crippen LogP) is 2.91. The molecule has 0 heterocycles. The third-order valence-electron chi connectivity index (χ3n) is 3.65. The summed E-state index contributed by atoms with van der Waals surface area (Å²) >= 11 is 0. The third-order valence-corrected chi connectivity index (χ3v) is 4.89. The molecule has 0 spiro atoms. The molecule has 2 aromatic rings. The van der Waals surface area contributed by atoms with E-state index in [9.17, 15) is 23.6 Å². The molecule has 0 unspecified atom stereocenters. The second-order valence-corrected chi connectivity index (χ2v) is 8.26. The topological polar surface area (TPSA) is 122 Å². The van der Waals surface area contributed by atoms with Crippen LogP contribution in [0.1, 0.15) is 31.9 Å². The predicted molar refractivity (Wildman–Crippen MR) is 97.8 cm³/mol. The molecule has 0 amide bonds.